The normalized spacial score (nSPS) is 17.2. The predicted octanol–water partition coefficient (Wildman–Crippen LogP) is 2.95. The Hall–Kier alpha value is -1.22. The average molecular weight is 237 g/mol. The molecular weight excluding hydrogens is 214 g/mol. The van der Waals surface area contributed by atoms with Gasteiger partial charge in [0.25, 0.3) is 0 Å². The molecule has 1 atom stereocenters. The number of epoxide rings is 1. The SMILES string of the molecule is C.CCOc1ccc(N(CC)CC2CO2)cc1. The van der Waals surface area contributed by atoms with Gasteiger partial charge in [-0.3, -0.25) is 0 Å². The Morgan fingerprint density at radius 2 is 1.94 bits per heavy atom. The van der Waals surface area contributed by atoms with Crippen LogP contribution in [0.3, 0.4) is 0 Å². The molecule has 0 bridgehead atoms. The van der Waals surface area contributed by atoms with E-state index in [-0.39, 0.29) is 7.43 Å². The van der Waals surface area contributed by atoms with Crippen molar-refractivity contribution in [2.75, 3.05) is 31.2 Å². The van der Waals surface area contributed by atoms with Gasteiger partial charge in [-0.1, -0.05) is 7.43 Å². The molecule has 0 N–H and O–H groups in total. The summed E-state index contributed by atoms with van der Waals surface area (Å²) in [5.74, 6) is 0.935. The fourth-order valence-corrected chi connectivity index (χ4v) is 1.76. The lowest BCUT2D eigenvalue weighted by atomic mass is 10.2. The lowest BCUT2D eigenvalue weighted by Gasteiger charge is -2.22. The molecule has 0 aromatic heterocycles. The molecule has 1 unspecified atom stereocenters. The van der Waals surface area contributed by atoms with Gasteiger partial charge in [-0.05, 0) is 38.1 Å². The van der Waals surface area contributed by atoms with Gasteiger partial charge in [0, 0.05) is 18.8 Å². The number of nitrogens with zero attached hydrogens (tertiary/aromatic N) is 1. The first-order valence-corrected chi connectivity index (χ1v) is 5.93. The topological polar surface area (TPSA) is 25.0 Å². The van der Waals surface area contributed by atoms with Crippen LogP contribution in [-0.4, -0.2) is 32.4 Å². The predicted molar refractivity (Wildman–Crippen MR) is 72.0 cm³/mol. The van der Waals surface area contributed by atoms with Crippen molar-refractivity contribution in [3.8, 4) is 5.75 Å². The highest BCUT2D eigenvalue weighted by Gasteiger charge is 2.24. The van der Waals surface area contributed by atoms with Crippen LogP contribution in [0.4, 0.5) is 5.69 Å². The zero-order valence-corrected chi connectivity index (χ0v) is 9.98. The number of anilines is 1. The van der Waals surface area contributed by atoms with Crippen molar-refractivity contribution in [2.45, 2.75) is 27.4 Å². The van der Waals surface area contributed by atoms with E-state index < -0.39 is 0 Å². The average Bonchev–Trinajstić information content (AvgIpc) is 3.11. The number of benzene rings is 1. The smallest absolute Gasteiger partial charge is 0.119 e. The Labute approximate surface area is 104 Å². The van der Waals surface area contributed by atoms with Gasteiger partial charge in [0.15, 0.2) is 0 Å². The minimum atomic E-state index is 0. The fraction of sp³-hybridized carbons (Fsp3) is 0.571. The quantitative estimate of drug-likeness (QED) is 0.711. The standard InChI is InChI=1S/C13H19NO2.CH4/c1-3-14(9-13-10-16-13)11-5-7-12(8-6-11)15-4-2;/h5-8,13H,3-4,9-10H2,1-2H3;1H4. The monoisotopic (exact) mass is 237 g/mol. The van der Waals surface area contributed by atoms with Gasteiger partial charge in [-0.2, -0.15) is 0 Å². The molecule has 1 aromatic rings. The molecule has 0 aliphatic carbocycles. The summed E-state index contributed by atoms with van der Waals surface area (Å²) in [6, 6.07) is 8.26. The first kappa shape index (κ1) is 13.8. The van der Waals surface area contributed by atoms with Gasteiger partial charge in [-0.15, -0.1) is 0 Å². The van der Waals surface area contributed by atoms with Crippen LogP contribution >= 0.6 is 0 Å². The fourth-order valence-electron chi connectivity index (χ4n) is 1.76. The molecule has 17 heavy (non-hydrogen) atoms. The minimum absolute atomic E-state index is 0. The van der Waals surface area contributed by atoms with E-state index in [0.29, 0.717) is 12.7 Å². The van der Waals surface area contributed by atoms with E-state index in [1.807, 2.05) is 19.1 Å². The summed E-state index contributed by atoms with van der Waals surface area (Å²) in [6.07, 6.45) is 0.437. The second kappa shape index (κ2) is 6.50. The molecule has 1 aromatic carbocycles. The third-order valence-corrected chi connectivity index (χ3v) is 2.72. The Kier molecular flexibility index (Phi) is 5.29. The van der Waals surface area contributed by atoms with Crippen molar-refractivity contribution >= 4 is 5.69 Å². The van der Waals surface area contributed by atoms with Gasteiger partial charge in [0.05, 0.1) is 19.3 Å². The third-order valence-electron chi connectivity index (χ3n) is 2.72. The van der Waals surface area contributed by atoms with Crippen LogP contribution in [0.2, 0.25) is 0 Å². The van der Waals surface area contributed by atoms with Crippen molar-refractivity contribution in [3.63, 3.8) is 0 Å². The highest BCUT2D eigenvalue weighted by molar-refractivity contribution is 5.49. The summed E-state index contributed by atoms with van der Waals surface area (Å²) in [5.41, 5.74) is 1.24. The van der Waals surface area contributed by atoms with Crippen molar-refractivity contribution in [2.24, 2.45) is 0 Å². The molecule has 1 heterocycles. The largest absolute Gasteiger partial charge is 0.494 e. The number of hydrogen-bond acceptors (Lipinski definition) is 3. The molecule has 96 valence electrons. The molecule has 1 fully saturated rings. The van der Waals surface area contributed by atoms with Crippen LogP contribution in [0.25, 0.3) is 0 Å². The van der Waals surface area contributed by atoms with Crippen LogP contribution in [0.5, 0.6) is 5.75 Å². The van der Waals surface area contributed by atoms with Crippen LogP contribution in [0.1, 0.15) is 21.3 Å². The zero-order chi connectivity index (χ0) is 11.4. The molecule has 0 amide bonds. The van der Waals surface area contributed by atoms with Crippen LogP contribution in [-0.2, 0) is 4.74 Å². The number of hydrogen-bond donors (Lipinski definition) is 0. The second-order valence-electron chi connectivity index (χ2n) is 3.92. The van der Waals surface area contributed by atoms with E-state index in [2.05, 4.69) is 24.0 Å². The Morgan fingerprint density at radius 3 is 2.41 bits per heavy atom. The van der Waals surface area contributed by atoms with Crippen molar-refractivity contribution in [1.29, 1.82) is 0 Å². The van der Waals surface area contributed by atoms with E-state index in [1.54, 1.807) is 0 Å². The Balaban J connectivity index is 0.00000144. The maximum atomic E-state index is 5.42. The molecule has 0 saturated carbocycles. The van der Waals surface area contributed by atoms with Gasteiger partial charge in [0.1, 0.15) is 5.75 Å². The maximum absolute atomic E-state index is 5.42. The summed E-state index contributed by atoms with van der Waals surface area (Å²) < 4.78 is 10.7. The second-order valence-corrected chi connectivity index (χ2v) is 3.92. The molecule has 0 spiro atoms. The summed E-state index contributed by atoms with van der Waals surface area (Å²) in [4.78, 5) is 2.33. The third kappa shape index (κ3) is 3.93. The lowest BCUT2D eigenvalue weighted by molar-refractivity contribution is 0.340. The van der Waals surface area contributed by atoms with Gasteiger partial charge >= 0.3 is 0 Å². The Morgan fingerprint density at radius 1 is 1.29 bits per heavy atom. The summed E-state index contributed by atoms with van der Waals surface area (Å²) in [7, 11) is 0. The van der Waals surface area contributed by atoms with Crippen LogP contribution in [0, 0.1) is 0 Å². The lowest BCUT2D eigenvalue weighted by Crippen LogP contribution is -2.27. The minimum Gasteiger partial charge on any atom is -0.494 e. The van der Waals surface area contributed by atoms with E-state index in [9.17, 15) is 0 Å². The van der Waals surface area contributed by atoms with Crippen LogP contribution in [0.15, 0.2) is 24.3 Å². The van der Waals surface area contributed by atoms with E-state index in [4.69, 9.17) is 9.47 Å². The first-order chi connectivity index (χ1) is 7.83. The summed E-state index contributed by atoms with van der Waals surface area (Å²) in [5, 5.41) is 0. The van der Waals surface area contributed by atoms with Gasteiger partial charge in [0.2, 0.25) is 0 Å². The van der Waals surface area contributed by atoms with E-state index in [1.165, 1.54) is 5.69 Å². The highest BCUT2D eigenvalue weighted by Crippen LogP contribution is 2.21. The number of likely N-dealkylation sites (N-methyl/N-ethyl adjacent to an activating group) is 1. The van der Waals surface area contributed by atoms with Crippen LogP contribution < -0.4 is 9.64 Å². The van der Waals surface area contributed by atoms with Crippen molar-refractivity contribution in [1.82, 2.24) is 0 Å². The molecule has 2 rings (SSSR count). The molecular formula is C14H23NO2. The van der Waals surface area contributed by atoms with Gasteiger partial charge < -0.3 is 14.4 Å². The van der Waals surface area contributed by atoms with E-state index >= 15 is 0 Å². The van der Waals surface area contributed by atoms with Crippen molar-refractivity contribution < 1.29 is 9.47 Å². The zero-order valence-electron chi connectivity index (χ0n) is 9.98. The number of ether oxygens (including phenoxy) is 2. The molecule has 1 aliphatic rings. The summed E-state index contributed by atoms with van der Waals surface area (Å²) >= 11 is 0. The molecule has 3 nitrogen and oxygen atoms in total. The molecule has 1 saturated heterocycles. The molecule has 1 aliphatic heterocycles. The molecule has 3 heteroatoms. The van der Waals surface area contributed by atoms with E-state index in [0.717, 1.165) is 25.4 Å². The van der Waals surface area contributed by atoms with Crippen molar-refractivity contribution in [3.05, 3.63) is 24.3 Å². The maximum Gasteiger partial charge on any atom is 0.119 e. The molecule has 0 radical (unpaired) electrons. The summed E-state index contributed by atoms with van der Waals surface area (Å²) in [6.45, 7) is 7.79. The number of rotatable bonds is 6. The Bertz CT molecular complexity index is 319. The highest BCUT2D eigenvalue weighted by atomic mass is 16.6. The van der Waals surface area contributed by atoms with Gasteiger partial charge in [-0.25, -0.2) is 0 Å². The first-order valence-electron chi connectivity index (χ1n) is 5.93.